The summed E-state index contributed by atoms with van der Waals surface area (Å²) in [7, 11) is 1.74. The van der Waals surface area contributed by atoms with Gasteiger partial charge in [-0.15, -0.1) is 0 Å². The van der Waals surface area contributed by atoms with Crippen molar-refractivity contribution in [2.75, 3.05) is 53.0 Å². The van der Waals surface area contributed by atoms with Gasteiger partial charge in [0.05, 0.1) is 29.3 Å². The Kier molecular flexibility index (Phi) is 8.13. The maximum Gasteiger partial charge on any atom is 0.409 e. The Morgan fingerprint density at radius 3 is 2.45 bits per heavy atom. The fourth-order valence-corrected chi connectivity index (χ4v) is 6.25. The summed E-state index contributed by atoms with van der Waals surface area (Å²) in [5, 5.41) is 0.909. The van der Waals surface area contributed by atoms with Crippen molar-refractivity contribution < 1.29 is 23.9 Å². The van der Waals surface area contributed by atoms with Gasteiger partial charge in [-0.25, -0.2) is 4.79 Å². The summed E-state index contributed by atoms with van der Waals surface area (Å²) in [5.74, 6) is 0.289. The lowest BCUT2D eigenvalue weighted by Gasteiger charge is -2.34. The number of amides is 3. The van der Waals surface area contributed by atoms with Crippen LogP contribution in [0.15, 0.2) is 18.2 Å². The van der Waals surface area contributed by atoms with Crippen LogP contribution in [0.25, 0.3) is 0 Å². The molecule has 10 heteroatoms. The molecule has 1 aromatic rings. The molecule has 3 amide bonds. The minimum absolute atomic E-state index is 0.0900. The number of hydrogen-bond donors (Lipinski definition) is 0. The van der Waals surface area contributed by atoms with Crippen LogP contribution in [0.4, 0.5) is 4.79 Å². The Bertz CT molecular complexity index is 1070. The number of benzene rings is 1. The fourth-order valence-electron chi connectivity index (χ4n) is 5.94. The quantitative estimate of drug-likeness (QED) is 0.509. The predicted molar refractivity (Wildman–Crippen MR) is 144 cm³/mol. The van der Waals surface area contributed by atoms with Crippen molar-refractivity contribution in [2.45, 2.75) is 51.0 Å². The Balaban J connectivity index is 1.26. The highest BCUT2D eigenvalue weighted by atomic mass is 35.5. The topological polar surface area (TPSA) is 79.4 Å². The van der Waals surface area contributed by atoms with E-state index in [1.54, 1.807) is 18.0 Å². The molecule has 0 N–H and O–H groups in total. The van der Waals surface area contributed by atoms with Gasteiger partial charge < -0.3 is 24.2 Å². The Hall–Kier alpha value is -2.03. The molecule has 3 saturated heterocycles. The number of ether oxygens (including phenoxy) is 2. The highest BCUT2D eigenvalue weighted by Crippen LogP contribution is 2.47. The molecule has 0 spiro atoms. The average molecular weight is 567 g/mol. The molecule has 4 aliphatic rings. The van der Waals surface area contributed by atoms with Crippen LogP contribution in [0, 0.1) is 17.3 Å². The molecule has 5 rings (SSSR count). The van der Waals surface area contributed by atoms with E-state index in [0.717, 1.165) is 24.8 Å². The van der Waals surface area contributed by atoms with Gasteiger partial charge in [-0.1, -0.05) is 36.2 Å². The number of piperidine rings is 1. The zero-order valence-corrected chi connectivity index (χ0v) is 23.7. The third kappa shape index (κ3) is 5.77. The van der Waals surface area contributed by atoms with E-state index in [4.69, 9.17) is 32.7 Å². The standard InChI is InChI=1S/C28H37Cl2N3O5/c1-28(8-9-28)26(35)32-10-5-19(6-11-32)25(34)33-14-21(20-3-4-22(29)23(30)13-20)24(15-33)31(2)27(36)38-17-18-7-12-37-16-18/h3-4,13,18-19,21,24H,5-12,14-17H2,1-2H3/t18?,21-,24?/m1/s1. The summed E-state index contributed by atoms with van der Waals surface area (Å²) in [6, 6.07) is 5.23. The third-order valence-corrected chi connectivity index (χ3v) is 9.61. The van der Waals surface area contributed by atoms with Crippen LogP contribution in [-0.2, 0) is 19.1 Å². The van der Waals surface area contributed by atoms with Gasteiger partial charge in [0.1, 0.15) is 0 Å². The largest absolute Gasteiger partial charge is 0.449 e. The molecule has 3 heterocycles. The van der Waals surface area contributed by atoms with E-state index in [1.165, 1.54) is 0 Å². The number of hydrogen-bond acceptors (Lipinski definition) is 5. The van der Waals surface area contributed by atoms with E-state index < -0.39 is 6.09 Å². The summed E-state index contributed by atoms with van der Waals surface area (Å²) in [5.41, 5.74) is 0.748. The lowest BCUT2D eigenvalue weighted by molar-refractivity contribution is -0.142. The van der Waals surface area contributed by atoms with Crippen LogP contribution >= 0.6 is 23.2 Å². The van der Waals surface area contributed by atoms with E-state index in [0.29, 0.717) is 68.9 Å². The van der Waals surface area contributed by atoms with Gasteiger partial charge in [-0.3, -0.25) is 9.59 Å². The highest BCUT2D eigenvalue weighted by Gasteiger charge is 2.48. The molecule has 2 unspecified atom stereocenters. The predicted octanol–water partition coefficient (Wildman–Crippen LogP) is 4.43. The molecule has 8 nitrogen and oxygen atoms in total. The molecule has 1 aromatic carbocycles. The first-order valence-electron chi connectivity index (χ1n) is 13.7. The molecule has 3 aliphatic heterocycles. The van der Waals surface area contributed by atoms with Crippen molar-refractivity contribution in [1.82, 2.24) is 14.7 Å². The highest BCUT2D eigenvalue weighted by molar-refractivity contribution is 6.42. The fraction of sp³-hybridized carbons (Fsp3) is 0.679. The second kappa shape index (κ2) is 11.2. The van der Waals surface area contributed by atoms with Crippen molar-refractivity contribution in [1.29, 1.82) is 0 Å². The van der Waals surface area contributed by atoms with E-state index in [1.807, 2.05) is 28.9 Å². The minimum Gasteiger partial charge on any atom is -0.449 e. The number of carbonyl (C=O) groups excluding carboxylic acids is 3. The maximum atomic E-state index is 13.6. The van der Waals surface area contributed by atoms with Crippen LogP contribution in [0.3, 0.4) is 0 Å². The van der Waals surface area contributed by atoms with Gasteiger partial charge in [0, 0.05) is 63.0 Å². The molecule has 3 atom stereocenters. The average Bonchev–Trinajstić information content (AvgIpc) is 3.30. The third-order valence-electron chi connectivity index (χ3n) is 8.87. The van der Waals surface area contributed by atoms with Crippen LogP contribution in [0.1, 0.15) is 50.5 Å². The first-order chi connectivity index (χ1) is 18.2. The van der Waals surface area contributed by atoms with E-state index in [2.05, 4.69) is 0 Å². The number of nitrogens with zero attached hydrogens (tertiary/aromatic N) is 3. The summed E-state index contributed by atoms with van der Waals surface area (Å²) < 4.78 is 11.0. The van der Waals surface area contributed by atoms with Crippen LogP contribution < -0.4 is 0 Å². The van der Waals surface area contributed by atoms with Crippen LogP contribution in [0.2, 0.25) is 10.0 Å². The molecule has 38 heavy (non-hydrogen) atoms. The molecule has 0 bridgehead atoms. The molecule has 4 fully saturated rings. The lowest BCUT2D eigenvalue weighted by atomic mass is 9.93. The van der Waals surface area contributed by atoms with E-state index in [9.17, 15) is 14.4 Å². The lowest BCUT2D eigenvalue weighted by Crippen LogP contribution is -2.46. The number of carbonyl (C=O) groups is 3. The van der Waals surface area contributed by atoms with E-state index in [-0.39, 0.29) is 41.0 Å². The Morgan fingerprint density at radius 2 is 1.82 bits per heavy atom. The number of halogens is 2. The monoisotopic (exact) mass is 565 g/mol. The Morgan fingerprint density at radius 1 is 1.08 bits per heavy atom. The van der Waals surface area contributed by atoms with Gasteiger partial charge >= 0.3 is 6.09 Å². The zero-order valence-electron chi connectivity index (χ0n) is 22.2. The Labute approximate surface area is 234 Å². The smallest absolute Gasteiger partial charge is 0.409 e. The zero-order chi connectivity index (χ0) is 27.0. The maximum absolute atomic E-state index is 13.6. The van der Waals surface area contributed by atoms with E-state index >= 15 is 0 Å². The van der Waals surface area contributed by atoms with Crippen LogP contribution in [0.5, 0.6) is 0 Å². The summed E-state index contributed by atoms with van der Waals surface area (Å²) in [6.45, 7) is 5.80. The summed E-state index contributed by atoms with van der Waals surface area (Å²) in [4.78, 5) is 44.8. The molecule has 1 aliphatic carbocycles. The minimum atomic E-state index is -0.401. The molecule has 208 valence electrons. The van der Waals surface area contributed by atoms with Crippen molar-refractivity contribution >= 4 is 41.1 Å². The van der Waals surface area contributed by atoms with Gasteiger partial charge in [-0.2, -0.15) is 0 Å². The number of likely N-dealkylation sites (N-methyl/N-ethyl adjacent to an activating group) is 1. The van der Waals surface area contributed by atoms with Crippen molar-refractivity contribution in [2.24, 2.45) is 17.3 Å². The number of rotatable bonds is 6. The normalized spacial score (nSPS) is 26.9. The van der Waals surface area contributed by atoms with Crippen molar-refractivity contribution in [3.05, 3.63) is 33.8 Å². The summed E-state index contributed by atoms with van der Waals surface area (Å²) in [6.07, 6.45) is 3.74. The second-order valence-electron chi connectivity index (χ2n) is 11.6. The second-order valence-corrected chi connectivity index (χ2v) is 12.4. The molecule has 0 radical (unpaired) electrons. The van der Waals surface area contributed by atoms with Crippen molar-refractivity contribution in [3.63, 3.8) is 0 Å². The molecular formula is C28H37Cl2N3O5. The van der Waals surface area contributed by atoms with Gasteiger partial charge in [0.15, 0.2) is 0 Å². The molecular weight excluding hydrogens is 529 g/mol. The van der Waals surface area contributed by atoms with Crippen molar-refractivity contribution in [3.8, 4) is 0 Å². The van der Waals surface area contributed by atoms with Gasteiger partial charge in [0.25, 0.3) is 0 Å². The first kappa shape index (κ1) is 27.5. The van der Waals surface area contributed by atoms with Gasteiger partial charge in [-0.05, 0) is 49.8 Å². The first-order valence-corrected chi connectivity index (χ1v) is 14.4. The summed E-state index contributed by atoms with van der Waals surface area (Å²) >= 11 is 12.5. The molecule has 1 saturated carbocycles. The van der Waals surface area contributed by atoms with Crippen LogP contribution in [-0.4, -0.2) is 91.7 Å². The van der Waals surface area contributed by atoms with Gasteiger partial charge in [0.2, 0.25) is 11.8 Å². The SMILES string of the molecule is CN(C(=O)OCC1CCOC1)C1CN(C(=O)C2CCN(C(=O)C3(C)CC3)CC2)C[C@@H]1c1ccc(Cl)c(Cl)c1. The molecule has 0 aromatic heterocycles. The number of likely N-dealkylation sites (tertiary alicyclic amines) is 2.